The molecule has 2 aliphatic rings. The average molecular weight is 219 g/mol. The van der Waals surface area contributed by atoms with Gasteiger partial charge in [-0.15, -0.1) is 0 Å². The first-order valence-electron chi connectivity index (χ1n) is 6.69. The van der Waals surface area contributed by atoms with Gasteiger partial charge in [-0.3, -0.25) is 4.68 Å². The third kappa shape index (κ3) is 2.08. The molecule has 3 heteroatoms. The van der Waals surface area contributed by atoms with Gasteiger partial charge in [0.1, 0.15) is 0 Å². The van der Waals surface area contributed by atoms with Crippen LogP contribution in [0.3, 0.4) is 0 Å². The quantitative estimate of drug-likeness (QED) is 0.779. The smallest absolute Gasteiger partial charge is 0.0752 e. The second-order valence-corrected chi connectivity index (χ2v) is 5.27. The van der Waals surface area contributed by atoms with Gasteiger partial charge in [-0.25, -0.2) is 0 Å². The van der Waals surface area contributed by atoms with Crippen molar-refractivity contribution in [3.8, 4) is 0 Å². The van der Waals surface area contributed by atoms with Crippen LogP contribution in [0.15, 0.2) is 12.4 Å². The van der Waals surface area contributed by atoms with E-state index in [9.17, 15) is 0 Å². The molecule has 1 aromatic heterocycles. The van der Waals surface area contributed by atoms with Crippen LogP contribution in [0, 0.1) is 5.92 Å². The lowest BCUT2D eigenvalue weighted by atomic mass is 9.85. The van der Waals surface area contributed by atoms with E-state index in [4.69, 9.17) is 0 Å². The molecule has 0 aromatic carbocycles. The first kappa shape index (κ1) is 10.2. The number of rotatable bonds is 3. The minimum atomic E-state index is 0.897. The zero-order chi connectivity index (χ0) is 10.8. The van der Waals surface area contributed by atoms with Crippen LogP contribution >= 0.6 is 0 Å². The van der Waals surface area contributed by atoms with Crippen molar-refractivity contribution in [3.05, 3.63) is 12.4 Å². The first-order valence-corrected chi connectivity index (χ1v) is 6.69. The lowest BCUT2D eigenvalue weighted by Crippen LogP contribution is -2.29. The third-order valence-electron chi connectivity index (χ3n) is 4.01. The summed E-state index contributed by atoms with van der Waals surface area (Å²) in [5.74, 6) is 0.897. The lowest BCUT2D eigenvalue weighted by Gasteiger charge is -2.27. The Morgan fingerprint density at radius 2 is 1.94 bits per heavy atom. The van der Waals surface area contributed by atoms with Gasteiger partial charge in [0.25, 0.3) is 0 Å². The molecule has 0 amide bonds. The predicted molar refractivity (Wildman–Crippen MR) is 65.6 cm³/mol. The molecule has 2 fully saturated rings. The third-order valence-corrected chi connectivity index (χ3v) is 4.01. The molecular formula is C13H21N3. The van der Waals surface area contributed by atoms with E-state index >= 15 is 0 Å². The van der Waals surface area contributed by atoms with Crippen LogP contribution in [0.1, 0.15) is 38.5 Å². The summed E-state index contributed by atoms with van der Waals surface area (Å²) >= 11 is 0. The molecule has 0 unspecified atom stereocenters. The molecule has 0 atom stereocenters. The van der Waals surface area contributed by atoms with Gasteiger partial charge in [0.05, 0.1) is 11.9 Å². The highest BCUT2D eigenvalue weighted by Gasteiger charge is 2.19. The number of nitrogens with zero attached hydrogens (tertiary/aromatic N) is 3. The van der Waals surface area contributed by atoms with Gasteiger partial charge < -0.3 is 4.90 Å². The van der Waals surface area contributed by atoms with Gasteiger partial charge in [-0.05, 0) is 38.0 Å². The molecule has 88 valence electrons. The van der Waals surface area contributed by atoms with E-state index < -0.39 is 0 Å². The van der Waals surface area contributed by atoms with E-state index in [1.165, 1.54) is 57.3 Å². The molecule has 16 heavy (non-hydrogen) atoms. The molecular weight excluding hydrogens is 198 g/mol. The van der Waals surface area contributed by atoms with E-state index in [1.807, 2.05) is 6.20 Å². The Balaban J connectivity index is 1.61. The maximum absolute atomic E-state index is 4.49. The van der Waals surface area contributed by atoms with E-state index in [2.05, 4.69) is 20.9 Å². The summed E-state index contributed by atoms with van der Waals surface area (Å²) in [7, 11) is 0. The van der Waals surface area contributed by atoms with Gasteiger partial charge in [0.2, 0.25) is 0 Å². The maximum atomic E-state index is 4.49. The van der Waals surface area contributed by atoms with Crippen molar-refractivity contribution < 1.29 is 0 Å². The van der Waals surface area contributed by atoms with Crippen LogP contribution in [0.4, 0.5) is 5.69 Å². The fourth-order valence-corrected chi connectivity index (χ4v) is 2.71. The Hall–Kier alpha value is -0.990. The zero-order valence-electron chi connectivity index (χ0n) is 9.94. The van der Waals surface area contributed by atoms with Crippen molar-refractivity contribution in [3.63, 3.8) is 0 Å². The number of piperidine rings is 1. The summed E-state index contributed by atoms with van der Waals surface area (Å²) < 4.78 is 2.15. The molecule has 0 spiro atoms. The van der Waals surface area contributed by atoms with Gasteiger partial charge in [-0.1, -0.05) is 6.42 Å². The average Bonchev–Trinajstić information content (AvgIpc) is 2.73. The van der Waals surface area contributed by atoms with E-state index in [0.717, 1.165) is 12.5 Å². The predicted octanol–water partition coefficient (Wildman–Crippen LogP) is 2.67. The molecule has 1 saturated carbocycles. The standard InChI is InChI=1S/C13H21N3/c1-2-7-15(8-3-1)13-9-14-16(11-13)10-12-5-4-6-12/h9,11-12H,1-8,10H2. The Labute approximate surface area is 97.4 Å². The lowest BCUT2D eigenvalue weighted by molar-refractivity contribution is 0.266. The Kier molecular flexibility index (Phi) is 2.85. The monoisotopic (exact) mass is 219 g/mol. The largest absolute Gasteiger partial charge is 0.369 e. The topological polar surface area (TPSA) is 21.1 Å². The van der Waals surface area contributed by atoms with Crippen LogP contribution in [-0.2, 0) is 6.54 Å². The molecule has 0 radical (unpaired) electrons. The maximum Gasteiger partial charge on any atom is 0.0752 e. The van der Waals surface area contributed by atoms with Crippen LogP contribution in [0.2, 0.25) is 0 Å². The highest BCUT2D eigenvalue weighted by molar-refractivity contribution is 5.42. The number of hydrogen-bond acceptors (Lipinski definition) is 2. The highest BCUT2D eigenvalue weighted by Crippen LogP contribution is 2.28. The summed E-state index contributed by atoms with van der Waals surface area (Å²) in [5, 5.41) is 4.49. The molecule has 3 nitrogen and oxygen atoms in total. The summed E-state index contributed by atoms with van der Waals surface area (Å²) in [5.41, 5.74) is 1.33. The number of hydrogen-bond donors (Lipinski definition) is 0. The van der Waals surface area contributed by atoms with Crippen molar-refractivity contribution in [1.82, 2.24) is 9.78 Å². The highest BCUT2D eigenvalue weighted by atomic mass is 15.3. The molecule has 0 N–H and O–H groups in total. The van der Waals surface area contributed by atoms with Crippen LogP contribution in [0.25, 0.3) is 0 Å². The normalized spacial score (nSPS) is 22.1. The Morgan fingerprint density at radius 1 is 1.12 bits per heavy atom. The SMILES string of the molecule is c1nn(CC2CCC2)cc1N1CCCCC1. The van der Waals surface area contributed by atoms with E-state index in [-0.39, 0.29) is 0 Å². The van der Waals surface area contributed by atoms with Crippen LogP contribution in [0.5, 0.6) is 0 Å². The summed E-state index contributed by atoms with van der Waals surface area (Å²) in [6.45, 7) is 3.57. The van der Waals surface area contributed by atoms with Crippen molar-refractivity contribution >= 4 is 5.69 Å². The zero-order valence-corrected chi connectivity index (χ0v) is 9.94. The van der Waals surface area contributed by atoms with Crippen molar-refractivity contribution in [2.45, 2.75) is 45.1 Å². The first-order chi connectivity index (χ1) is 7.92. The minimum Gasteiger partial charge on any atom is -0.369 e. The Bertz CT molecular complexity index is 335. The van der Waals surface area contributed by atoms with Gasteiger partial charge in [-0.2, -0.15) is 5.10 Å². The molecule has 0 bridgehead atoms. The van der Waals surface area contributed by atoms with Crippen LogP contribution in [-0.4, -0.2) is 22.9 Å². The number of anilines is 1. The summed E-state index contributed by atoms with van der Waals surface area (Å²) in [6.07, 6.45) is 12.6. The molecule has 1 aromatic rings. The fraction of sp³-hybridized carbons (Fsp3) is 0.769. The molecule has 2 heterocycles. The van der Waals surface area contributed by atoms with Crippen molar-refractivity contribution in [2.24, 2.45) is 5.92 Å². The molecule has 3 rings (SSSR count). The Morgan fingerprint density at radius 3 is 2.62 bits per heavy atom. The minimum absolute atomic E-state index is 0.897. The second kappa shape index (κ2) is 4.48. The fourth-order valence-electron chi connectivity index (χ4n) is 2.71. The van der Waals surface area contributed by atoms with E-state index in [1.54, 1.807) is 0 Å². The molecule has 1 aliphatic heterocycles. The van der Waals surface area contributed by atoms with Gasteiger partial charge >= 0.3 is 0 Å². The molecule has 1 aliphatic carbocycles. The number of aromatic nitrogens is 2. The summed E-state index contributed by atoms with van der Waals surface area (Å²) in [4.78, 5) is 2.48. The van der Waals surface area contributed by atoms with Crippen molar-refractivity contribution in [1.29, 1.82) is 0 Å². The van der Waals surface area contributed by atoms with Gasteiger partial charge in [0, 0.05) is 25.8 Å². The van der Waals surface area contributed by atoms with Gasteiger partial charge in [0.15, 0.2) is 0 Å². The van der Waals surface area contributed by atoms with E-state index in [0.29, 0.717) is 0 Å². The van der Waals surface area contributed by atoms with Crippen LogP contribution < -0.4 is 4.90 Å². The summed E-state index contributed by atoms with van der Waals surface area (Å²) in [6, 6.07) is 0. The molecule has 1 saturated heterocycles. The second-order valence-electron chi connectivity index (χ2n) is 5.27. The van der Waals surface area contributed by atoms with Crippen molar-refractivity contribution in [2.75, 3.05) is 18.0 Å².